The molecule has 0 aromatic rings. The van der Waals surface area contributed by atoms with Crippen molar-refractivity contribution in [3.05, 3.63) is 11.6 Å². The van der Waals surface area contributed by atoms with Crippen LogP contribution in [0.5, 0.6) is 0 Å². The van der Waals surface area contributed by atoms with Gasteiger partial charge in [0.2, 0.25) is 0 Å². The third kappa shape index (κ3) is 2.19. The van der Waals surface area contributed by atoms with Crippen LogP contribution in [0.1, 0.15) is 58.8 Å². The highest BCUT2D eigenvalue weighted by Gasteiger charge is 2.61. The van der Waals surface area contributed by atoms with Gasteiger partial charge in [0.25, 0.3) is 0 Å². The molecule has 4 fully saturated rings. The molecule has 4 aliphatic carbocycles. The molecule has 0 aromatic heterocycles. The Kier molecular flexibility index (Phi) is 3.90. The van der Waals surface area contributed by atoms with Gasteiger partial charge >= 0.3 is 0 Å². The van der Waals surface area contributed by atoms with E-state index in [1.807, 2.05) is 0 Å². The van der Waals surface area contributed by atoms with Crippen molar-refractivity contribution in [3.63, 3.8) is 0 Å². The molecule has 0 aromatic carbocycles. The lowest BCUT2D eigenvalue weighted by Crippen LogP contribution is -2.63. The number of hydrogen-bond acceptors (Lipinski definition) is 3. The molecular formula is C20H33NO2. The molecule has 4 aliphatic rings. The molecule has 4 saturated carbocycles. The maximum absolute atomic E-state index is 11.0. The number of rotatable bonds is 0. The van der Waals surface area contributed by atoms with Crippen molar-refractivity contribution in [1.29, 1.82) is 0 Å². The van der Waals surface area contributed by atoms with Crippen molar-refractivity contribution in [3.8, 4) is 0 Å². The van der Waals surface area contributed by atoms with Crippen LogP contribution in [-0.2, 0) is 0 Å². The van der Waals surface area contributed by atoms with E-state index in [0.29, 0.717) is 17.8 Å². The van der Waals surface area contributed by atoms with E-state index in [0.717, 1.165) is 19.3 Å². The van der Waals surface area contributed by atoms with Gasteiger partial charge in [0.05, 0.1) is 12.2 Å². The number of aliphatic hydroxyl groups is 2. The summed E-state index contributed by atoms with van der Waals surface area (Å²) in [6.45, 7) is 4.55. The molecule has 0 saturated heterocycles. The lowest BCUT2D eigenvalue weighted by Gasteiger charge is -2.61. The molecule has 23 heavy (non-hydrogen) atoms. The van der Waals surface area contributed by atoms with Crippen molar-refractivity contribution in [1.82, 2.24) is 0 Å². The maximum Gasteiger partial charge on any atom is 0.0836 e. The van der Waals surface area contributed by atoms with Gasteiger partial charge in [-0.25, -0.2) is 0 Å². The van der Waals surface area contributed by atoms with Gasteiger partial charge in [-0.1, -0.05) is 18.6 Å². The molecule has 0 spiro atoms. The molecule has 4 rings (SSSR count). The highest BCUT2D eigenvalue weighted by Crippen LogP contribution is 2.63. The van der Waals surface area contributed by atoms with Crippen LogP contribution in [0, 0.1) is 35.0 Å². The molecule has 0 radical (unpaired) electrons. The fraction of sp³-hybridized carbons (Fsp3) is 0.900. The fourth-order valence-electron chi connectivity index (χ4n) is 7.17. The zero-order valence-electron chi connectivity index (χ0n) is 14.6. The summed E-state index contributed by atoms with van der Waals surface area (Å²) in [5.41, 5.74) is 7.97. The molecule has 5 unspecified atom stereocenters. The molecule has 9 atom stereocenters. The predicted octanol–water partition coefficient (Wildman–Crippen LogP) is 2.85. The van der Waals surface area contributed by atoms with Gasteiger partial charge in [0.15, 0.2) is 0 Å². The SMILES string of the molecule is C/C=C1/CCC2C1CCC1C2[C@@H](O)[C@H](O)C2C[C@@H](N)CC[C@]12C. The second-order valence-electron chi connectivity index (χ2n) is 9.06. The van der Waals surface area contributed by atoms with Crippen molar-refractivity contribution in [2.45, 2.75) is 77.0 Å². The quantitative estimate of drug-likeness (QED) is 0.602. The minimum atomic E-state index is -0.582. The predicted molar refractivity (Wildman–Crippen MR) is 91.6 cm³/mol. The highest BCUT2D eigenvalue weighted by molar-refractivity contribution is 5.19. The molecule has 0 heterocycles. The summed E-state index contributed by atoms with van der Waals surface area (Å²) in [5, 5.41) is 21.9. The molecule has 3 nitrogen and oxygen atoms in total. The topological polar surface area (TPSA) is 66.5 Å². The number of aliphatic hydroxyl groups excluding tert-OH is 2. The molecule has 3 heteroatoms. The first-order chi connectivity index (χ1) is 11.0. The smallest absolute Gasteiger partial charge is 0.0836 e. The summed E-state index contributed by atoms with van der Waals surface area (Å²) in [7, 11) is 0. The number of allylic oxidation sites excluding steroid dienone is 2. The van der Waals surface area contributed by atoms with E-state index in [9.17, 15) is 10.2 Å². The van der Waals surface area contributed by atoms with Crippen LogP contribution in [0.25, 0.3) is 0 Å². The van der Waals surface area contributed by atoms with Crippen LogP contribution < -0.4 is 5.73 Å². The number of hydrogen-bond donors (Lipinski definition) is 3. The summed E-state index contributed by atoms with van der Waals surface area (Å²) in [6.07, 6.45) is 9.15. The zero-order chi connectivity index (χ0) is 16.4. The van der Waals surface area contributed by atoms with E-state index in [1.54, 1.807) is 5.57 Å². The van der Waals surface area contributed by atoms with E-state index < -0.39 is 12.2 Å². The Balaban J connectivity index is 1.69. The summed E-state index contributed by atoms with van der Waals surface area (Å²) in [4.78, 5) is 0. The van der Waals surface area contributed by atoms with Crippen molar-refractivity contribution < 1.29 is 10.2 Å². The van der Waals surface area contributed by atoms with Gasteiger partial charge < -0.3 is 15.9 Å². The maximum atomic E-state index is 11.0. The Hall–Kier alpha value is -0.380. The van der Waals surface area contributed by atoms with Gasteiger partial charge in [-0.15, -0.1) is 0 Å². The average Bonchev–Trinajstić information content (AvgIpc) is 2.97. The van der Waals surface area contributed by atoms with E-state index in [4.69, 9.17) is 5.73 Å². The first kappa shape index (κ1) is 16.1. The number of fused-ring (bicyclic) bond motifs is 5. The Bertz CT molecular complexity index is 504. The fourth-order valence-corrected chi connectivity index (χ4v) is 7.17. The van der Waals surface area contributed by atoms with E-state index in [-0.39, 0.29) is 23.3 Å². The Morgan fingerprint density at radius 2 is 1.87 bits per heavy atom. The second kappa shape index (κ2) is 5.57. The number of nitrogens with two attached hydrogens (primary N) is 1. The normalized spacial score (nSPS) is 57.7. The second-order valence-corrected chi connectivity index (χ2v) is 9.06. The minimum absolute atomic E-state index is 0.169. The first-order valence-corrected chi connectivity index (χ1v) is 9.74. The largest absolute Gasteiger partial charge is 0.390 e. The third-order valence-electron chi connectivity index (χ3n) is 8.34. The summed E-state index contributed by atoms with van der Waals surface area (Å²) >= 11 is 0. The van der Waals surface area contributed by atoms with Crippen molar-refractivity contribution in [2.24, 2.45) is 40.7 Å². The van der Waals surface area contributed by atoms with E-state index >= 15 is 0 Å². The minimum Gasteiger partial charge on any atom is -0.390 e. The van der Waals surface area contributed by atoms with E-state index in [1.165, 1.54) is 25.7 Å². The Morgan fingerprint density at radius 1 is 1.09 bits per heavy atom. The first-order valence-electron chi connectivity index (χ1n) is 9.74. The van der Waals surface area contributed by atoms with Gasteiger partial charge in [-0.3, -0.25) is 0 Å². The molecule has 0 aliphatic heterocycles. The molecule has 0 bridgehead atoms. The lowest BCUT2D eigenvalue weighted by atomic mass is 9.45. The Labute approximate surface area is 140 Å². The average molecular weight is 319 g/mol. The highest BCUT2D eigenvalue weighted by atomic mass is 16.3. The lowest BCUT2D eigenvalue weighted by molar-refractivity contribution is -0.203. The zero-order valence-corrected chi connectivity index (χ0v) is 14.6. The van der Waals surface area contributed by atoms with Crippen LogP contribution in [0.15, 0.2) is 11.6 Å². The monoisotopic (exact) mass is 319 g/mol. The van der Waals surface area contributed by atoms with Crippen LogP contribution in [-0.4, -0.2) is 28.5 Å². The van der Waals surface area contributed by atoms with Crippen LogP contribution in [0.2, 0.25) is 0 Å². The molecular weight excluding hydrogens is 286 g/mol. The van der Waals surface area contributed by atoms with Gasteiger partial charge in [-0.05, 0) is 86.9 Å². The molecule has 4 N–H and O–H groups in total. The van der Waals surface area contributed by atoms with Crippen molar-refractivity contribution in [2.75, 3.05) is 0 Å². The molecule has 130 valence electrons. The van der Waals surface area contributed by atoms with Crippen LogP contribution in [0.3, 0.4) is 0 Å². The standard InChI is InChI=1S/C20H33NO2/c1-3-11-4-5-14-13(11)6-7-15-17(14)19(23)18(22)16-10-12(21)8-9-20(15,16)2/h3,12-19,22-23H,4-10,21H2,1-2H3/b11-3-/t12-,13?,14?,15?,16?,17?,18+,19+,20+/m0/s1. The van der Waals surface area contributed by atoms with Crippen molar-refractivity contribution >= 4 is 0 Å². The van der Waals surface area contributed by atoms with E-state index in [2.05, 4.69) is 19.9 Å². The van der Waals surface area contributed by atoms with Gasteiger partial charge in [0, 0.05) is 6.04 Å². The van der Waals surface area contributed by atoms with Gasteiger partial charge in [0.1, 0.15) is 0 Å². The summed E-state index contributed by atoms with van der Waals surface area (Å²) < 4.78 is 0. The molecule has 0 amide bonds. The summed E-state index contributed by atoms with van der Waals surface area (Å²) in [5.74, 6) is 2.28. The van der Waals surface area contributed by atoms with Gasteiger partial charge in [-0.2, -0.15) is 0 Å². The van der Waals surface area contributed by atoms with Crippen LogP contribution in [0.4, 0.5) is 0 Å². The Morgan fingerprint density at radius 3 is 2.61 bits per heavy atom. The third-order valence-corrected chi connectivity index (χ3v) is 8.34. The summed E-state index contributed by atoms with van der Waals surface area (Å²) in [6, 6.07) is 0.198. The van der Waals surface area contributed by atoms with Crippen LogP contribution >= 0.6 is 0 Å².